The molecule has 2 heterocycles. The zero-order chi connectivity index (χ0) is 24.9. The maximum atomic E-state index is 12.6. The van der Waals surface area contributed by atoms with E-state index in [0.29, 0.717) is 53.4 Å². The highest BCUT2D eigenvalue weighted by atomic mass is 35.5. The van der Waals surface area contributed by atoms with Crippen molar-refractivity contribution in [3.8, 4) is 34.6 Å². The van der Waals surface area contributed by atoms with E-state index >= 15 is 0 Å². The number of benzene rings is 3. The molecule has 0 saturated heterocycles. The van der Waals surface area contributed by atoms with Crippen LogP contribution in [0.4, 0.5) is 5.69 Å². The summed E-state index contributed by atoms with van der Waals surface area (Å²) in [4.78, 5) is 17.2. The predicted molar refractivity (Wildman–Crippen MR) is 134 cm³/mol. The molecule has 10 heteroatoms. The summed E-state index contributed by atoms with van der Waals surface area (Å²) < 4.78 is 23.7. The number of nitrogens with one attached hydrogen (secondary N) is 1. The lowest BCUT2D eigenvalue weighted by molar-refractivity contribution is 0.102. The summed E-state index contributed by atoms with van der Waals surface area (Å²) in [6, 6.07) is 19.8. The first kappa shape index (κ1) is 23.7. The van der Waals surface area contributed by atoms with Gasteiger partial charge < -0.3 is 24.3 Å². The van der Waals surface area contributed by atoms with E-state index in [9.17, 15) is 4.79 Å². The van der Waals surface area contributed by atoms with Gasteiger partial charge in [-0.15, -0.1) is 5.10 Å². The largest absolute Gasteiger partial charge is 0.460 e. The third-order valence-corrected chi connectivity index (χ3v) is 5.57. The van der Waals surface area contributed by atoms with Crippen molar-refractivity contribution in [2.45, 2.75) is 6.92 Å². The number of nitrogens with zero attached hydrogens (tertiary/aromatic N) is 3. The molecule has 0 bridgehead atoms. The first-order valence-corrected chi connectivity index (χ1v) is 11.7. The second kappa shape index (κ2) is 10.7. The SMILES string of the molecule is CCOCCOc1nc(-c2ccc3c(c2)OCO3)n(-c2ccc(NC(=O)c3cccc(Cl)c3)cc2)n1. The minimum atomic E-state index is -0.253. The van der Waals surface area contributed by atoms with Gasteiger partial charge in [0.2, 0.25) is 6.79 Å². The summed E-state index contributed by atoms with van der Waals surface area (Å²) in [5.41, 5.74) is 2.61. The maximum absolute atomic E-state index is 12.6. The van der Waals surface area contributed by atoms with Gasteiger partial charge in [0, 0.05) is 28.4 Å². The highest BCUT2D eigenvalue weighted by molar-refractivity contribution is 6.31. The smallest absolute Gasteiger partial charge is 0.336 e. The van der Waals surface area contributed by atoms with Gasteiger partial charge in [0.05, 0.1) is 12.3 Å². The Bertz CT molecular complexity index is 1370. The fourth-order valence-corrected chi connectivity index (χ4v) is 3.80. The van der Waals surface area contributed by atoms with E-state index in [2.05, 4.69) is 15.4 Å². The van der Waals surface area contributed by atoms with Crippen molar-refractivity contribution < 1.29 is 23.7 Å². The second-order valence-electron chi connectivity index (χ2n) is 7.75. The fourth-order valence-electron chi connectivity index (χ4n) is 3.61. The molecule has 36 heavy (non-hydrogen) atoms. The minimum Gasteiger partial charge on any atom is -0.460 e. The molecule has 0 fully saturated rings. The Labute approximate surface area is 212 Å². The standard InChI is InChI=1S/C26H23ClN4O5/c1-2-33-12-13-34-26-29-24(17-6-11-22-23(15-17)36-16-35-22)31(30-26)21-9-7-20(8-10-21)28-25(32)18-4-3-5-19(27)14-18/h3-11,14-15H,2,12-13,16H2,1H3,(H,28,32). The van der Waals surface area contributed by atoms with Crippen molar-refractivity contribution in [3.63, 3.8) is 0 Å². The van der Waals surface area contributed by atoms with E-state index in [1.165, 1.54) is 0 Å². The molecule has 1 aromatic heterocycles. The Hall–Kier alpha value is -4.08. The molecule has 0 radical (unpaired) electrons. The highest BCUT2D eigenvalue weighted by Gasteiger charge is 2.19. The molecule has 0 aliphatic carbocycles. The van der Waals surface area contributed by atoms with Gasteiger partial charge in [-0.2, -0.15) is 4.98 Å². The van der Waals surface area contributed by atoms with E-state index < -0.39 is 0 Å². The van der Waals surface area contributed by atoms with Crippen LogP contribution < -0.4 is 19.5 Å². The number of halogens is 1. The van der Waals surface area contributed by atoms with Gasteiger partial charge in [0.15, 0.2) is 17.3 Å². The molecule has 9 nitrogen and oxygen atoms in total. The van der Waals surface area contributed by atoms with Gasteiger partial charge in [0.25, 0.3) is 5.91 Å². The number of amides is 1. The number of hydrogen-bond acceptors (Lipinski definition) is 7. The number of carbonyl (C=O) groups is 1. The molecule has 0 unspecified atom stereocenters. The molecule has 0 saturated carbocycles. The number of ether oxygens (including phenoxy) is 4. The molecule has 0 spiro atoms. The molecule has 1 N–H and O–H groups in total. The van der Waals surface area contributed by atoms with Crippen LogP contribution in [0.1, 0.15) is 17.3 Å². The number of fused-ring (bicyclic) bond motifs is 1. The lowest BCUT2D eigenvalue weighted by Gasteiger charge is -2.09. The highest BCUT2D eigenvalue weighted by Crippen LogP contribution is 2.36. The van der Waals surface area contributed by atoms with Crippen LogP contribution in [0.25, 0.3) is 17.1 Å². The molecule has 1 amide bonds. The minimum absolute atomic E-state index is 0.180. The van der Waals surface area contributed by atoms with Gasteiger partial charge >= 0.3 is 6.01 Å². The summed E-state index contributed by atoms with van der Waals surface area (Å²) in [6.07, 6.45) is 0. The number of carbonyl (C=O) groups excluding carboxylic acids is 1. The normalized spacial score (nSPS) is 11.9. The number of anilines is 1. The Balaban J connectivity index is 1.40. The van der Waals surface area contributed by atoms with Crippen molar-refractivity contribution in [1.82, 2.24) is 14.8 Å². The lowest BCUT2D eigenvalue weighted by atomic mass is 10.2. The van der Waals surface area contributed by atoms with E-state index in [4.69, 9.17) is 30.5 Å². The molecule has 184 valence electrons. The Morgan fingerprint density at radius 2 is 1.89 bits per heavy atom. The van der Waals surface area contributed by atoms with Gasteiger partial charge in [-0.1, -0.05) is 17.7 Å². The van der Waals surface area contributed by atoms with E-state index in [0.717, 1.165) is 11.3 Å². The topological polar surface area (TPSA) is 96.7 Å². The van der Waals surface area contributed by atoms with Crippen LogP contribution in [0.2, 0.25) is 5.02 Å². The average Bonchev–Trinajstić information content (AvgIpc) is 3.54. The third-order valence-electron chi connectivity index (χ3n) is 5.34. The Morgan fingerprint density at radius 3 is 2.69 bits per heavy atom. The van der Waals surface area contributed by atoms with Gasteiger partial charge in [-0.05, 0) is 67.6 Å². The van der Waals surface area contributed by atoms with Crippen LogP contribution in [-0.2, 0) is 4.74 Å². The van der Waals surface area contributed by atoms with Crippen LogP contribution in [0, 0.1) is 0 Å². The summed E-state index contributed by atoms with van der Waals surface area (Å²) in [7, 11) is 0. The summed E-state index contributed by atoms with van der Waals surface area (Å²) in [5, 5.41) is 7.92. The maximum Gasteiger partial charge on any atom is 0.336 e. The summed E-state index contributed by atoms with van der Waals surface area (Å²) >= 11 is 6.00. The van der Waals surface area contributed by atoms with Crippen LogP contribution in [0.15, 0.2) is 66.7 Å². The van der Waals surface area contributed by atoms with Crippen LogP contribution in [0.5, 0.6) is 17.5 Å². The van der Waals surface area contributed by atoms with E-state index in [1.807, 2.05) is 37.3 Å². The number of aromatic nitrogens is 3. The molecule has 4 aromatic rings. The van der Waals surface area contributed by atoms with Crippen molar-refractivity contribution in [3.05, 3.63) is 77.3 Å². The Kier molecular flexibility index (Phi) is 7.01. The molecule has 5 rings (SSSR count). The molecular weight excluding hydrogens is 484 g/mol. The van der Waals surface area contributed by atoms with Crippen molar-refractivity contribution >= 4 is 23.2 Å². The summed E-state index contributed by atoms with van der Waals surface area (Å²) in [5.74, 6) is 1.63. The number of hydrogen-bond donors (Lipinski definition) is 1. The quantitative estimate of drug-likeness (QED) is 0.320. The first-order valence-electron chi connectivity index (χ1n) is 11.4. The van der Waals surface area contributed by atoms with E-state index in [-0.39, 0.29) is 18.7 Å². The molecule has 1 aliphatic heterocycles. The van der Waals surface area contributed by atoms with E-state index in [1.54, 1.807) is 41.1 Å². The van der Waals surface area contributed by atoms with Gasteiger partial charge in [0.1, 0.15) is 6.61 Å². The van der Waals surface area contributed by atoms with Crippen molar-refractivity contribution in [2.24, 2.45) is 0 Å². The molecule has 1 aliphatic rings. The molecule has 0 atom stereocenters. The Morgan fingerprint density at radius 1 is 1.06 bits per heavy atom. The summed E-state index contributed by atoms with van der Waals surface area (Å²) in [6.45, 7) is 3.47. The first-order chi connectivity index (χ1) is 17.6. The van der Waals surface area contributed by atoms with Crippen LogP contribution in [-0.4, -0.2) is 47.3 Å². The third kappa shape index (κ3) is 5.27. The second-order valence-corrected chi connectivity index (χ2v) is 8.19. The van der Waals surface area contributed by atoms with Gasteiger partial charge in [-0.25, -0.2) is 4.68 Å². The monoisotopic (exact) mass is 506 g/mol. The zero-order valence-corrected chi connectivity index (χ0v) is 20.2. The average molecular weight is 507 g/mol. The molecule has 3 aromatic carbocycles. The van der Waals surface area contributed by atoms with Crippen molar-refractivity contribution in [1.29, 1.82) is 0 Å². The zero-order valence-electron chi connectivity index (χ0n) is 19.4. The lowest BCUT2D eigenvalue weighted by Crippen LogP contribution is -2.11. The molecular formula is C26H23ClN4O5. The van der Waals surface area contributed by atoms with Crippen LogP contribution >= 0.6 is 11.6 Å². The fraction of sp³-hybridized carbons (Fsp3) is 0.192. The van der Waals surface area contributed by atoms with Gasteiger partial charge in [-0.3, -0.25) is 4.79 Å². The van der Waals surface area contributed by atoms with Crippen molar-refractivity contribution in [2.75, 3.05) is 31.9 Å². The van der Waals surface area contributed by atoms with Crippen LogP contribution in [0.3, 0.4) is 0 Å². The predicted octanol–water partition coefficient (Wildman–Crippen LogP) is 4.98. The number of rotatable bonds is 9.